The van der Waals surface area contributed by atoms with Crippen LogP contribution in [-0.4, -0.2) is 26.6 Å². The summed E-state index contributed by atoms with van der Waals surface area (Å²) >= 11 is 5.46. The highest BCUT2D eigenvalue weighted by Crippen LogP contribution is 2.11. The van der Waals surface area contributed by atoms with Gasteiger partial charge in [-0.1, -0.05) is 20.8 Å². The molecular weight excluding hydrogens is 222 g/mol. The van der Waals surface area contributed by atoms with E-state index in [9.17, 15) is 8.42 Å². The molecule has 14 heavy (non-hydrogen) atoms. The summed E-state index contributed by atoms with van der Waals surface area (Å²) in [4.78, 5) is 0. The zero-order valence-corrected chi connectivity index (χ0v) is 10.7. The Morgan fingerprint density at radius 2 is 1.79 bits per heavy atom. The third-order valence-corrected chi connectivity index (χ3v) is 3.30. The van der Waals surface area contributed by atoms with Crippen molar-refractivity contribution in [3.8, 4) is 0 Å². The van der Waals surface area contributed by atoms with Gasteiger partial charge in [-0.15, -0.1) is 11.6 Å². The summed E-state index contributed by atoms with van der Waals surface area (Å²) in [5.74, 6) is 0.699. The summed E-state index contributed by atoms with van der Waals surface area (Å²) in [6, 6.07) is 0. The van der Waals surface area contributed by atoms with Gasteiger partial charge in [-0.3, -0.25) is 0 Å². The van der Waals surface area contributed by atoms with Crippen molar-refractivity contribution in [2.45, 2.75) is 33.6 Å². The van der Waals surface area contributed by atoms with Crippen LogP contribution in [0.5, 0.6) is 0 Å². The minimum atomic E-state index is -3.10. The van der Waals surface area contributed by atoms with Crippen LogP contribution < -0.4 is 4.72 Å². The first-order chi connectivity index (χ1) is 6.27. The fourth-order valence-corrected chi connectivity index (χ4v) is 2.36. The van der Waals surface area contributed by atoms with Crippen LogP contribution in [0.1, 0.15) is 33.6 Å². The Bertz CT molecular complexity index is 244. The number of halogens is 1. The van der Waals surface area contributed by atoms with Crippen LogP contribution in [0.25, 0.3) is 0 Å². The molecule has 86 valence electrons. The second-order valence-electron chi connectivity index (χ2n) is 4.60. The molecule has 0 unspecified atom stereocenters. The van der Waals surface area contributed by atoms with Gasteiger partial charge in [-0.05, 0) is 18.3 Å². The molecule has 0 amide bonds. The number of unbranched alkanes of at least 4 members (excludes halogenated alkanes) is 1. The minimum Gasteiger partial charge on any atom is -0.215 e. The molecule has 0 atom stereocenters. The molecule has 0 fully saturated rings. The van der Waals surface area contributed by atoms with Gasteiger partial charge < -0.3 is 0 Å². The predicted octanol–water partition coefficient (Wildman–Crippen LogP) is 1.97. The van der Waals surface area contributed by atoms with Crippen LogP contribution >= 0.6 is 11.6 Å². The largest absolute Gasteiger partial charge is 0.215 e. The number of rotatable bonds is 6. The fraction of sp³-hybridized carbons (Fsp3) is 1.00. The number of sulfonamides is 1. The molecule has 0 bridgehead atoms. The lowest BCUT2D eigenvalue weighted by Crippen LogP contribution is -2.33. The Balaban J connectivity index is 3.85. The van der Waals surface area contributed by atoms with Crippen LogP contribution in [0.2, 0.25) is 0 Å². The highest BCUT2D eigenvalue weighted by Gasteiger charge is 2.15. The Kier molecular flexibility index (Phi) is 6.02. The van der Waals surface area contributed by atoms with Crippen LogP contribution in [0, 0.1) is 5.41 Å². The van der Waals surface area contributed by atoms with Crippen LogP contribution in [0.3, 0.4) is 0 Å². The molecular formula is C9H20ClNO2S. The quantitative estimate of drug-likeness (QED) is 0.571. The maximum absolute atomic E-state index is 11.4. The van der Waals surface area contributed by atoms with E-state index in [1.165, 1.54) is 0 Å². The van der Waals surface area contributed by atoms with E-state index < -0.39 is 10.0 Å². The highest BCUT2D eigenvalue weighted by atomic mass is 35.5. The third kappa shape index (κ3) is 8.78. The molecule has 0 aromatic rings. The monoisotopic (exact) mass is 241 g/mol. The molecule has 1 N–H and O–H groups in total. The maximum Gasteiger partial charge on any atom is 0.211 e. The first kappa shape index (κ1) is 14.2. The molecule has 0 radical (unpaired) electrons. The summed E-state index contributed by atoms with van der Waals surface area (Å²) < 4.78 is 25.4. The first-order valence-corrected chi connectivity index (χ1v) is 6.99. The Labute approximate surface area is 92.3 Å². The number of alkyl halides is 1. The smallest absolute Gasteiger partial charge is 0.211 e. The summed E-state index contributed by atoms with van der Waals surface area (Å²) in [5.41, 5.74) is -0.0143. The maximum atomic E-state index is 11.4. The van der Waals surface area contributed by atoms with Gasteiger partial charge in [-0.2, -0.15) is 0 Å². The Morgan fingerprint density at radius 1 is 1.21 bits per heavy atom. The van der Waals surface area contributed by atoms with Gasteiger partial charge >= 0.3 is 0 Å². The van der Waals surface area contributed by atoms with E-state index in [2.05, 4.69) is 4.72 Å². The van der Waals surface area contributed by atoms with Gasteiger partial charge in [0.1, 0.15) is 0 Å². The average Bonchev–Trinajstić information content (AvgIpc) is 2.00. The molecule has 3 nitrogen and oxygen atoms in total. The zero-order chi connectivity index (χ0) is 11.2. The molecule has 0 aliphatic rings. The van der Waals surface area contributed by atoms with Crippen molar-refractivity contribution in [1.82, 2.24) is 4.72 Å². The zero-order valence-electron chi connectivity index (χ0n) is 9.14. The first-order valence-electron chi connectivity index (χ1n) is 4.80. The summed E-state index contributed by atoms with van der Waals surface area (Å²) in [5, 5.41) is 0. The van der Waals surface area contributed by atoms with Gasteiger partial charge in [0.15, 0.2) is 0 Å². The lowest BCUT2D eigenvalue weighted by molar-refractivity contribution is 0.407. The molecule has 0 aromatic heterocycles. The van der Waals surface area contributed by atoms with Crippen molar-refractivity contribution >= 4 is 21.6 Å². The topological polar surface area (TPSA) is 46.2 Å². The lowest BCUT2D eigenvalue weighted by Gasteiger charge is -2.18. The van der Waals surface area contributed by atoms with Crippen molar-refractivity contribution in [2.75, 3.05) is 18.2 Å². The highest BCUT2D eigenvalue weighted by molar-refractivity contribution is 7.89. The van der Waals surface area contributed by atoms with Crippen molar-refractivity contribution in [3.63, 3.8) is 0 Å². The van der Waals surface area contributed by atoms with Gasteiger partial charge in [-0.25, -0.2) is 13.1 Å². The number of hydrogen-bond donors (Lipinski definition) is 1. The van der Waals surface area contributed by atoms with E-state index in [0.29, 0.717) is 18.8 Å². The standard InChI is InChI=1S/C9H20ClNO2S/c1-9(2,3)8-11-14(12,13)7-5-4-6-10/h11H,4-8H2,1-3H3. The molecule has 0 heterocycles. The molecule has 0 aliphatic carbocycles. The van der Waals surface area contributed by atoms with Crippen molar-refractivity contribution < 1.29 is 8.42 Å². The summed E-state index contributed by atoms with van der Waals surface area (Å²) in [6.45, 7) is 6.47. The Hall–Kier alpha value is 0.200. The summed E-state index contributed by atoms with van der Waals surface area (Å²) in [7, 11) is -3.10. The molecule has 0 aromatic carbocycles. The van der Waals surface area contributed by atoms with E-state index in [1.54, 1.807) is 0 Å². The molecule has 0 aliphatic heterocycles. The number of nitrogens with one attached hydrogen (secondary N) is 1. The van der Waals surface area contributed by atoms with Gasteiger partial charge in [0.05, 0.1) is 5.75 Å². The van der Waals surface area contributed by atoms with E-state index >= 15 is 0 Å². The van der Waals surface area contributed by atoms with Gasteiger partial charge in [0, 0.05) is 12.4 Å². The van der Waals surface area contributed by atoms with E-state index in [1.807, 2.05) is 20.8 Å². The lowest BCUT2D eigenvalue weighted by atomic mass is 9.98. The van der Waals surface area contributed by atoms with Crippen molar-refractivity contribution in [2.24, 2.45) is 5.41 Å². The summed E-state index contributed by atoms with van der Waals surface area (Å²) in [6.07, 6.45) is 1.38. The van der Waals surface area contributed by atoms with Crippen LogP contribution in [0.4, 0.5) is 0 Å². The minimum absolute atomic E-state index is 0.0143. The average molecular weight is 242 g/mol. The van der Waals surface area contributed by atoms with E-state index in [-0.39, 0.29) is 11.2 Å². The third-order valence-electron chi connectivity index (χ3n) is 1.62. The van der Waals surface area contributed by atoms with E-state index in [4.69, 9.17) is 11.6 Å². The molecule has 5 heteroatoms. The molecule has 0 rings (SSSR count). The van der Waals surface area contributed by atoms with Crippen molar-refractivity contribution in [1.29, 1.82) is 0 Å². The number of hydrogen-bond acceptors (Lipinski definition) is 2. The molecule has 0 spiro atoms. The normalized spacial score (nSPS) is 13.1. The second kappa shape index (κ2) is 5.93. The van der Waals surface area contributed by atoms with Gasteiger partial charge in [0.25, 0.3) is 0 Å². The van der Waals surface area contributed by atoms with Crippen molar-refractivity contribution in [3.05, 3.63) is 0 Å². The Morgan fingerprint density at radius 3 is 2.21 bits per heavy atom. The van der Waals surface area contributed by atoms with E-state index in [0.717, 1.165) is 6.42 Å². The van der Waals surface area contributed by atoms with Gasteiger partial charge in [0.2, 0.25) is 10.0 Å². The predicted molar refractivity (Wildman–Crippen MR) is 61.2 cm³/mol. The molecule has 0 saturated carbocycles. The fourth-order valence-electron chi connectivity index (χ4n) is 0.785. The molecule has 0 saturated heterocycles. The van der Waals surface area contributed by atoms with Crippen LogP contribution in [0.15, 0.2) is 0 Å². The van der Waals surface area contributed by atoms with Crippen LogP contribution in [-0.2, 0) is 10.0 Å². The second-order valence-corrected chi connectivity index (χ2v) is 6.90. The SMILES string of the molecule is CC(C)(C)CNS(=O)(=O)CCCCCl.